The molecule has 0 bridgehead atoms. The van der Waals surface area contributed by atoms with Gasteiger partial charge >= 0.3 is 0 Å². The molecule has 21 heavy (non-hydrogen) atoms. The summed E-state index contributed by atoms with van der Waals surface area (Å²) in [5.41, 5.74) is 6.67. The number of aromatic nitrogens is 2. The van der Waals surface area contributed by atoms with Gasteiger partial charge in [0.2, 0.25) is 11.8 Å². The molecule has 2 N–H and O–H groups in total. The Labute approximate surface area is 124 Å². The van der Waals surface area contributed by atoms with Crippen LogP contribution >= 0.6 is 0 Å². The van der Waals surface area contributed by atoms with E-state index in [0.29, 0.717) is 36.5 Å². The first kappa shape index (κ1) is 15.3. The van der Waals surface area contributed by atoms with Gasteiger partial charge in [-0.1, -0.05) is 6.92 Å². The Morgan fingerprint density at radius 3 is 2.48 bits per heavy atom. The molecule has 0 amide bonds. The average molecular weight is 291 g/mol. The number of benzene rings is 1. The zero-order valence-electron chi connectivity index (χ0n) is 12.6. The highest BCUT2D eigenvalue weighted by molar-refractivity contribution is 5.59. The van der Waals surface area contributed by atoms with Crippen LogP contribution in [0.4, 0.5) is 0 Å². The maximum atomic E-state index is 5.89. The fraction of sp³-hybridized carbons (Fsp3) is 0.467. The summed E-state index contributed by atoms with van der Waals surface area (Å²) >= 11 is 0. The van der Waals surface area contributed by atoms with Gasteiger partial charge in [0.05, 0.1) is 19.3 Å². The van der Waals surface area contributed by atoms with Crippen molar-refractivity contribution < 1.29 is 13.9 Å². The van der Waals surface area contributed by atoms with Gasteiger partial charge in [-0.15, -0.1) is 10.2 Å². The second kappa shape index (κ2) is 7.08. The topological polar surface area (TPSA) is 83.4 Å². The zero-order valence-corrected chi connectivity index (χ0v) is 12.6. The summed E-state index contributed by atoms with van der Waals surface area (Å²) in [6, 6.07) is 5.30. The molecule has 0 radical (unpaired) electrons. The van der Waals surface area contributed by atoms with E-state index in [-0.39, 0.29) is 6.04 Å². The van der Waals surface area contributed by atoms with Gasteiger partial charge in [0.1, 0.15) is 0 Å². The zero-order chi connectivity index (χ0) is 15.2. The van der Waals surface area contributed by atoms with Gasteiger partial charge < -0.3 is 19.6 Å². The Bertz CT molecular complexity index is 583. The fourth-order valence-corrected chi connectivity index (χ4v) is 1.86. The molecular weight excluding hydrogens is 270 g/mol. The summed E-state index contributed by atoms with van der Waals surface area (Å²) in [7, 11) is 0. The molecule has 114 valence electrons. The first-order valence-electron chi connectivity index (χ1n) is 7.18. The predicted octanol–water partition coefficient (Wildman–Crippen LogP) is 2.94. The average Bonchev–Trinajstić information content (AvgIpc) is 2.98. The Morgan fingerprint density at radius 1 is 1.10 bits per heavy atom. The molecule has 1 atom stereocenters. The first-order valence-corrected chi connectivity index (χ1v) is 7.18. The standard InChI is InChI=1S/C15H21N3O3/c1-4-11(16)15-18-17-14(21-15)10-7-8-12(19-5-2)13(9-10)20-6-3/h7-9,11H,4-6,16H2,1-3H3. The Balaban J connectivity index is 2.31. The largest absolute Gasteiger partial charge is 0.490 e. The smallest absolute Gasteiger partial charge is 0.247 e. The van der Waals surface area contributed by atoms with Crippen molar-refractivity contribution in [1.82, 2.24) is 10.2 Å². The summed E-state index contributed by atoms with van der Waals surface area (Å²) in [5, 5.41) is 8.02. The number of rotatable bonds is 7. The number of nitrogens with zero attached hydrogens (tertiary/aromatic N) is 2. The molecule has 1 unspecified atom stereocenters. The third-order valence-corrected chi connectivity index (χ3v) is 2.99. The molecule has 2 rings (SSSR count). The maximum Gasteiger partial charge on any atom is 0.247 e. The minimum Gasteiger partial charge on any atom is -0.490 e. The van der Waals surface area contributed by atoms with Crippen LogP contribution in [0.25, 0.3) is 11.5 Å². The highest BCUT2D eigenvalue weighted by Gasteiger charge is 2.15. The van der Waals surface area contributed by atoms with Crippen LogP contribution in [0.3, 0.4) is 0 Å². The Kier molecular flexibility index (Phi) is 5.16. The molecule has 1 aromatic heterocycles. The molecule has 0 saturated carbocycles. The van der Waals surface area contributed by atoms with Gasteiger partial charge in [-0.25, -0.2) is 0 Å². The Morgan fingerprint density at radius 2 is 1.81 bits per heavy atom. The fourth-order valence-electron chi connectivity index (χ4n) is 1.86. The van der Waals surface area contributed by atoms with Crippen molar-refractivity contribution >= 4 is 0 Å². The lowest BCUT2D eigenvalue weighted by Crippen LogP contribution is -2.08. The quantitative estimate of drug-likeness (QED) is 0.844. The van der Waals surface area contributed by atoms with Gasteiger partial charge in [0.15, 0.2) is 11.5 Å². The SMILES string of the molecule is CCOc1ccc(-c2nnc(C(N)CC)o2)cc1OCC. The number of hydrogen-bond acceptors (Lipinski definition) is 6. The normalized spacial score (nSPS) is 12.2. The van der Waals surface area contributed by atoms with Crippen molar-refractivity contribution in [2.75, 3.05) is 13.2 Å². The summed E-state index contributed by atoms with van der Waals surface area (Å²) in [5.74, 6) is 2.24. The number of hydrogen-bond donors (Lipinski definition) is 1. The lowest BCUT2D eigenvalue weighted by molar-refractivity contribution is 0.288. The first-order chi connectivity index (χ1) is 10.2. The summed E-state index contributed by atoms with van der Waals surface area (Å²) < 4.78 is 16.7. The molecule has 1 aromatic carbocycles. The highest BCUT2D eigenvalue weighted by Crippen LogP contribution is 2.32. The molecule has 2 aromatic rings. The van der Waals surface area contributed by atoms with E-state index in [9.17, 15) is 0 Å². The van der Waals surface area contributed by atoms with Crippen molar-refractivity contribution in [2.24, 2.45) is 5.73 Å². The van der Waals surface area contributed by atoms with E-state index in [2.05, 4.69) is 10.2 Å². The lowest BCUT2D eigenvalue weighted by atomic mass is 10.2. The van der Waals surface area contributed by atoms with Crippen LogP contribution in [-0.4, -0.2) is 23.4 Å². The van der Waals surface area contributed by atoms with E-state index >= 15 is 0 Å². The molecule has 1 heterocycles. The van der Waals surface area contributed by atoms with Crippen molar-refractivity contribution in [3.8, 4) is 23.0 Å². The van der Waals surface area contributed by atoms with E-state index in [1.54, 1.807) is 0 Å². The van der Waals surface area contributed by atoms with E-state index in [1.165, 1.54) is 0 Å². The van der Waals surface area contributed by atoms with E-state index < -0.39 is 0 Å². The van der Waals surface area contributed by atoms with Gasteiger partial charge in [0.25, 0.3) is 0 Å². The predicted molar refractivity (Wildman–Crippen MR) is 79.3 cm³/mol. The highest BCUT2D eigenvalue weighted by atomic mass is 16.5. The second-order valence-electron chi connectivity index (χ2n) is 4.49. The molecule has 6 nitrogen and oxygen atoms in total. The van der Waals surface area contributed by atoms with E-state index in [4.69, 9.17) is 19.6 Å². The van der Waals surface area contributed by atoms with Crippen LogP contribution < -0.4 is 15.2 Å². The van der Waals surface area contributed by atoms with Crippen molar-refractivity contribution in [3.63, 3.8) is 0 Å². The van der Waals surface area contributed by atoms with Crippen molar-refractivity contribution in [2.45, 2.75) is 33.2 Å². The minimum atomic E-state index is -0.236. The van der Waals surface area contributed by atoms with Gasteiger partial charge in [0, 0.05) is 5.56 Å². The molecular formula is C15H21N3O3. The molecule has 0 fully saturated rings. The summed E-state index contributed by atoms with van der Waals surface area (Å²) in [6.45, 7) is 6.96. The summed E-state index contributed by atoms with van der Waals surface area (Å²) in [4.78, 5) is 0. The maximum absolute atomic E-state index is 5.89. The minimum absolute atomic E-state index is 0.236. The Hall–Kier alpha value is -2.08. The third kappa shape index (κ3) is 3.52. The monoisotopic (exact) mass is 291 g/mol. The van der Waals surface area contributed by atoms with Crippen molar-refractivity contribution in [1.29, 1.82) is 0 Å². The molecule has 0 aliphatic rings. The van der Waals surface area contributed by atoms with Crippen LogP contribution in [0.1, 0.15) is 39.1 Å². The third-order valence-electron chi connectivity index (χ3n) is 2.99. The number of nitrogens with two attached hydrogens (primary N) is 1. The van der Waals surface area contributed by atoms with Crippen LogP contribution in [0, 0.1) is 0 Å². The van der Waals surface area contributed by atoms with E-state index in [0.717, 1.165) is 12.0 Å². The van der Waals surface area contributed by atoms with E-state index in [1.807, 2.05) is 39.0 Å². The van der Waals surface area contributed by atoms with Gasteiger partial charge in [-0.05, 0) is 38.5 Å². The molecule has 0 spiro atoms. The van der Waals surface area contributed by atoms with Crippen LogP contribution in [-0.2, 0) is 0 Å². The molecule has 6 heteroatoms. The van der Waals surface area contributed by atoms with Crippen LogP contribution in [0.15, 0.2) is 22.6 Å². The van der Waals surface area contributed by atoms with Crippen LogP contribution in [0.2, 0.25) is 0 Å². The summed E-state index contributed by atoms with van der Waals surface area (Å²) in [6.07, 6.45) is 0.745. The molecule has 0 aliphatic carbocycles. The van der Waals surface area contributed by atoms with Crippen molar-refractivity contribution in [3.05, 3.63) is 24.1 Å². The van der Waals surface area contributed by atoms with Gasteiger partial charge in [-0.3, -0.25) is 0 Å². The van der Waals surface area contributed by atoms with Crippen LogP contribution in [0.5, 0.6) is 11.5 Å². The van der Waals surface area contributed by atoms with Gasteiger partial charge in [-0.2, -0.15) is 0 Å². The lowest BCUT2D eigenvalue weighted by Gasteiger charge is -2.11. The molecule has 0 aliphatic heterocycles. The molecule has 0 saturated heterocycles. The number of ether oxygens (including phenoxy) is 2. The second-order valence-corrected chi connectivity index (χ2v) is 4.49.